The van der Waals surface area contributed by atoms with Crippen molar-refractivity contribution in [3.05, 3.63) is 11.6 Å². The van der Waals surface area contributed by atoms with Crippen LogP contribution in [-0.4, -0.2) is 76.1 Å². The fraction of sp³-hybridized carbons (Fsp3) is 0.692. The lowest BCUT2D eigenvalue weighted by molar-refractivity contribution is -0.122. The molecule has 1 aromatic rings. The van der Waals surface area contributed by atoms with Gasteiger partial charge in [-0.15, -0.1) is 5.10 Å². The standard InChI is InChI=1S/C13H22N6O2/c1-3-10-15-12(17-16-10)13(21)19-7-5-18(6-8-19)9-11(20)14-4-2/h3-9H2,1-2H3,(H,14,20)(H,15,16,17). The number of aromatic nitrogens is 3. The molecule has 1 aliphatic heterocycles. The highest BCUT2D eigenvalue weighted by molar-refractivity contribution is 5.90. The van der Waals surface area contributed by atoms with Gasteiger partial charge in [0.25, 0.3) is 5.91 Å². The quantitative estimate of drug-likeness (QED) is 0.746. The average Bonchev–Trinajstić information content (AvgIpc) is 2.96. The molecule has 2 N–H and O–H groups in total. The molecule has 116 valence electrons. The zero-order valence-corrected chi connectivity index (χ0v) is 12.6. The van der Waals surface area contributed by atoms with E-state index in [4.69, 9.17) is 0 Å². The van der Waals surface area contributed by atoms with Crippen LogP contribution in [0.5, 0.6) is 0 Å². The van der Waals surface area contributed by atoms with E-state index in [0.29, 0.717) is 45.1 Å². The topological polar surface area (TPSA) is 94.2 Å². The Morgan fingerprint density at radius 1 is 1.24 bits per heavy atom. The molecule has 1 saturated heterocycles. The average molecular weight is 294 g/mol. The fourth-order valence-electron chi connectivity index (χ4n) is 2.26. The van der Waals surface area contributed by atoms with Crippen LogP contribution in [0.2, 0.25) is 0 Å². The molecule has 2 amide bonds. The number of piperazine rings is 1. The van der Waals surface area contributed by atoms with Gasteiger partial charge >= 0.3 is 0 Å². The molecule has 0 aromatic carbocycles. The molecule has 0 spiro atoms. The van der Waals surface area contributed by atoms with E-state index >= 15 is 0 Å². The Balaban J connectivity index is 1.83. The minimum absolute atomic E-state index is 0.0267. The number of nitrogens with one attached hydrogen (secondary N) is 2. The van der Waals surface area contributed by atoms with Gasteiger partial charge in [0.2, 0.25) is 11.7 Å². The van der Waals surface area contributed by atoms with Gasteiger partial charge in [-0.1, -0.05) is 6.92 Å². The van der Waals surface area contributed by atoms with Crippen LogP contribution in [0, 0.1) is 0 Å². The highest BCUT2D eigenvalue weighted by atomic mass is 16.2. The molecule has 1 fully saturated rings. The lowest BCUT2D eigenvalue weighted by Gasteiger charge is -2.33. The van der Waals surface area contributed by atoms with E-state index in [2.05, 4.69) is 20.5 Å². The number of hydrogen-bond acceptors (Lipinski definition) is 5. The lowest BCUT2D eigenvalue weighted by Crippen LogP contribution is -2.51. The van der Waals surface area contributed by atoms with E-state index in [0.717, 1.165) is 6.42 Å². The molecule has 0 radical (unpaired) electrons. The van der Waals surface area contributed by atoms with Crippen molar-refractivity contribution in [2.45, 2.75) is 20.3 Å². The van der Waals surface area contributed by atoms with Crippen LogP contribution in [0.3, 0.4) is 0 Å². The summed E-state index contributed by atoms with van der Waals surface area (Å²) in [5, 5.41) is 9.48. The third kappa shape index (κ3) is 4.01. The van der Waals surface area contributed by atoms with Gasteiger partial charge in [-0.25, -0.2) is 4.98 Å². The van der Waals surface area contributed by atoms with Crippen molar-refractivity contribution in [2.24, 2.45) is 0 Å². The summed E-state index contributed by atoms with van der Waals surface area (Å²) >= 11 is 0. The number of aromatic amines is 1. The van der Waals surface area contributed by atoms with Gasteiger partial charge < -0.3 is 10.2 Å². The van der Waals surface area contributed by atoms with Crippen molar-refractivity contribution in [1.82, 2.24) is 30.3 Å². The number of aryl methyl sites for hydroxylation is 1. The first-order valence-corrected chi connectivity index (χ1v) is 7.33. The highest BCUT2D eigenvalue weighted by Gasteiger charge is 2.25. The largest absolute Gasteiger partial charge is 0.355 e. The number of carbonyl (C=O) groups is 2. The van der Waals surface area contributed by atoms with Gasteiger partial charge in [0, 0.05) is 39.1 Å². The Hall–Kier alpha value is -1.96. The molecule has 21 heavy (non-hydrogen) atoms. The summed E-state index contributed by atoms with van der Waals surface area (Å²) in [5.74, 6) is 0.819. The van der Waals surface area contributed by atoms with E-state index < -0.39 is 0 Å². The van der Waals surface area contributed by atoms with Crippen molar-refractivity contribution >= 4 is 11.8 Å². The molecule has 2 rings (SSSR count). The van der Waals surface area contributed by atoms with Crippen LogP contribution in [0.15, 0.2) is 0 Å². The number of carbonyl (C=O) groups excluding carboxylic acids is 2. The van der Waals surface area contributed by atoms with Crippen LogP contribution < -0.4 is 5.32 Å². The van der Waals surface area contributed by atoms with Crippen LogP contribution in [0.1, 0.15) is 30.3 Å². The predicted molar refractivity (Wildman–Crippen MR) is 76.8 cm³/mol. The van der Waals surface area contributed by atoms with Gasteiger partial charge in [-0.2, -0.15) is 0 Å². The third-order valence-corrected chi connectivity index (χ3v) is 3.46. The Bertz CT molecular complexity index is 493. The number of hydrogen-bond donors (Lipinski definition) is 2. The molecular formula is C13H22N6O2. The molecule has 0 aliphatic carbocycles. The zero-order valence-electron chi connectivity index (χ0n) is 12.6. The summed E-state index contributed by atoms with van der Waals surface area (Å²) in [7, 11) is 0. The number of amides is 2. The number of nitrogens with zero attached hydrogens (tertiary/aromatic N) is 4. The summed E-state index contributed by atoms with van der Waals surface area (Å²) in [6, 6.07) is 0. The van der Waals surface area contributed by atoms with Crippen molar-refractivity contribution in [2.75, 3.05) is 39.3 Å². The second kappa shape index (κ2) is 7.16. The number of likely N-dealkylation sites (N-methyl/N-ethyl adjacent to an activating group) is 1. The van der Waals surface area contributed by atoms with Crippen molar-refractivity contribution in [3.63, 3.8) is 0 Å². The Morgan fingerprint density at radius 3 is 2.52 bits per heavy atom. The summed E-state index contributed by atoms with van der Waals surface area (Å²) in [5.41, 5.74) is 0. The molecular weight excluding hydrogens is 272 g/mol. The monoisotopic (exact) mass is 294 g/mol. The Morgan fingerprint density at radius 2 is 1.95 bits per heavy atom. The van der Waals surface area contributed by atoms with Gasteiger partial charge in [-0.05, 0) is 6.92 Å². The predicted octanol–water partition coefficient (Wildman–Crippen LogP) is -0.739. The molecule has 8 heteroatoms. The van der Waals surface area contributed by atoms with Crippen LogP contribution >= 0.6 is 0 Å². The summed E-state index contributed by atoms with van der Waals surface area (Å²) in [6.07, 6.45) is 0.723. The maximum Gasteiger partial charge on any atom is 0.293 e. The molecule has 0 unspecified atom stereocenters. The molecule has 1 aliphatic rings. The molecule has 0 bridgehead atoms. The van der Waals surface area contributed by atoms with Crippen LogP contribution in [0.4, 0.5) is 0 Å². The van der Waals surface area contributed by atoms with E-state index in [-0.39, 0.29) is 17.6 Å². The molecule has 0 atom stereocenters. The molecule has 8 nitrogen and oxygen atoms in total. The van der Waals surface area contributed by atoms with Gasteiger partial charge in [-0.3, -0.25) is 19.6 Å². The van der Waals surface area contributed by atoms with E-state index in [9.17, 15) is 9.59 Å². The zero-order chi connectivity index (χ0) is 15.2. The second-order valence-electron chi connectivity index (χ2n) is 4.98. The smallest absolute Gasteiger partial charge is 0.293 e. The minimum atomic E-state index is -0.149. The highest BCUT2D eigenvalue weighted by Crippen LogP contribution is 2.06. The first kappa shape index (κ1) is 15.4. The van der Waals surface area contributed by atoms with E-state index in [1.807, 2.05) is 18.7 Å². The van der Waals surface area contributed by atoms with Crippen LogP contribution in [0.25, 0.3) is 0 Å². The Labute approximate surface area is 123 Å². The normalized spacial score (nSPS) is 16.0. The summed E-state index contributed by atoms with van der Waals surface area (Å²) < 4.78 is 0. The Kier molecular flexibility index (Phi) is 5.26. The van der Waals surface area contributed by atoms with Crippen molar-refractivity contribution < 1.29 is 9.59 Å². The second-order valence-corrected chi connectivity index (χ2v) is 4.98. The van der Waals surface area contributed by atoms with Gasteiger partial charge in [0.15, 0.2) is 0 Å². The SMILES string of the molecule is CCNC(=O)CN1CCN(C(=O)c2n[nH]c(CC)n2)CC1. The third-order valence-electron chi connectivity index (χ3n) is 3.46. The maximum atomic E-state index is 12.2. The fourth-order valence-corrected chi connectivity index (χ4v) is 2.26. The first-order valence-electron chi connectivity index (χ1n) is 7.33. The van der Waals surface area contributed by atoms with Crippen molar-refractivity contribution in [1.29, 1.82) is 0 Å². The van der Waals surface area contributed by atoms with Gasteiger partial charge in [0.1, 0.15) is 5.82 Å². The first-order chi connectivity index (χ1) is 10.1. The van der Waals surface area contributed by atoms with Gasteiger partial charge in [0.05, 0.1) is 6.54 Å². The molecule has 1 aromatic heterocycles. The summed E-state index contributed by atoms with van der Waals surface area (Å²) in [4.78, 5) is 31.7. The van der Waals surface area contributed by atoms with Crippen molar-refractivity contribution in [3.8, 4) is 0 Å². The van der Waals surface area contributed by atoms with E-state index in [1.54, 1.807) is 4.90 Å². The van der Waals surface area contributed by atoms with Crippen LogP contribution in [-0.2, 0) is 11.2 Å². The number of H-pyrrole nitrogens is 1. The maximum absolute atomic E-state index is 12.2. The molecule has 0 saturated carbocycles. The lowest BCUT2D eigenvalue weighted by atomic mass is 10.3. The minimum Gasteiger partial charge on any atom is -0.355 e. The molecule has 2 heterocycles. The van der Waals surface area contributed by atoms with E-state index in [1.165, 1.54) is 0 Å². The summed E-state index contributed by atoms with van der Waals surface area (Å²) in [6.45, 7) is 7.44. The number of rotatable bonds is 5.